The molecule has 1 saturated heterocycles. The first-order valence-electron chi connectivity index (χ1n) is 5.61. The van der Waals surface area contributed by atoms with Crippen molar-refractivity contribution in [3.63, 3.8) is 0 Å². The summed E-state index contributed by atoms with van der Waals surface area (Å²) in [6, 6.07) is 6.80. The van der Waals surface area contributed by atoms with Crippen LogP contribution in [0.4, 0.5) is 0 Å². The third-order valence-corrected chi connectivity index (χ3v) is 4.19. The van der Waals surface area contributed by atoms with Gasteiger partial charge in [0.1, 0.15) is 0 Å². The van der Waals surface area contributed by atoms with Crippen LogP contribution >= 0.6 is 0 Å². The molecule has 1 aliphatic heterocycles. The summed E-state index contributed by atoms with van der Waals surface area (Å²) in [4.78, 5) is 0.310. The van der Waals surface area contributed by atoms with Crippen LogP contribution in [0.1, 0.15) is 12.0 Å². The fraction of sp³-hybridized carbons (Fsp3) is 0.500. The van der Waals surface area contributed by atoms with Crippen molar-refractivity contribution < 1.29 is 13.5 Å². The van der Waals surface area contributed by atoms with Crippen molar-refractivity contribution >= 4 is 9.84 Å². The Morgan fingerprint density at radius 3 is 2.82 bits per heavy atom. The molecule has 1 aliphatic rings. The Labute approximate surface area is 102 Å². The third-order valence-electron chi connectivity index (χ3n) is 3.08. The lowest BCUT2D eigenvalue weighted by molar-refractivity contribution is 0.0618. The van der Waals surface area contributed by atoms with Crippen LogP contribution in [0.2, 0.25) is 0 Å². The highest BCUT2D eigenvalue weighted by atomic mass is 32.2. The van der Waals surface area contributed by atoms with Gasteiger partial charge in [0, 0.05) is 19.2 Å². The van der Waals surface area contributed by atoms with E-state index in [4.69, 9.17) is 0 Å². The summed E-state index contributed by atoms with van der Waals surface area (Å²) in [5.41, 5.74) is 0.120. The molecule has 4 nitrogen and oxygen atoms in total. The number of benzene rings is 1. The second-order valence-electron chi connectivity index (χ2n) is 4.75. The molecule has 0 saturated carbocycles. The van der Waals surface area contributed by atoms with Crippen molar-refractivity contribution in [2.45, 2.75) is 23.3 Å². The molecule has 0 spiro atoms. The lowest BCUT2D eigenvalue weighted by Crippen LogP contribution is -2.33. The van der Waals surface area contributed by atoms with E-state index in [1.54, 1.807) is 18.2 Å². The van der Waals surface area contributed by atoms with Gasteiger partial charge in [-0.3, -0.25) is 0 Å². The molecule has 1 unspecified atom stereocenters. The Balaban J connectivity index is 2.22. The van der Waals surface area contributed by atoms with E-state index in [0.717, 1.165) is 12.1 Å². The van der Waals surface area contributed by atoms with Crippen LogP contribution in [0.25, 0.3) is 0 Å². The molecule has 1 heterocycles. The third kappa shape index (κ3) is 3.06. The molecule has 0 radical (unpaired) electrons. The van der Waals surface area contributed by atoms with E-state index in [1.807, 2.05) is 6.07 Å². The van der Waals surface area contributed by atoms with E-state index in [1.165, 1.54) is 6.26 Å². The number of hydrogen-bond acceptors (Lipinski definition) is 4. The quantitative estimate of drug-likeness (QED) is 0.818. The molecule has 1 aromatic rings. The lowest BCUT2D eigenvalue weighted by Gasteiger charge is -2.21. The van der Waals surface area contributed by atoms with Crippen LogP contribution in [-0.4, -0.2) is 38.5 Å². The molecule has 1 atom stereocenters. The molecular weight excluding hydrogens is 238 g/mol. The maximum Gasteiger partial charge on any atom is 0.175 e. The lowest BCUT2D eigenvalue weighted by atomic mass is 9.94. The van der Waals surface area contributed by atoms with Crippen molar-refractivity contribution in [2.24, 2.45) is 0 Å². The molecule has 5 heteroatoms. The molecular formula is C12H17NO3S. The first kappa shape index (κ1) is 12.5. The van der Waals surface area contributed by atoms with Gasteiger partial charge >= 0.3 is 0 Å². The predicted molar refractivity (Wildman–Crippen MR) is 65.7 cm³/mol. The summed E-state index contributed by atoms with van der Waals surface area (Å²) < 4.78 is 22.9. The minimum atomic E-state index is -3.18. The topological polar surface area (TPSA) is 66.4 Å². The maximum absolute atomic E-state index is 11.4. The largest absolute Gasteiger partial charge is 0.388 e. The van der Waals surface area contributed by atoms with Crippen LogP contribution in [0.5, 0.6) is 0 Å². The average Bonchev–Trinajstić information content (AvgIpc) is 2.64. The van der Waals surface area contributed by atoms with Gasteiger partial charge in [0.2, 0.25) is 0 Å². The second kappa shape index (κ2) is 4.40. The molecule has 94 valence electrons. The second-order valence-corrected chi connectivity index (χ2v) is 6.76. The number of sulfone groups is 1. The zero-order valence-corrected chi connectivity index (χ0v) is 10.6. The van der Waals surface area contributed by atoms with Crippen LogP contribution in [-0.2, 0) is 16.3 Å². The van der Waals surface area contributed by atoms with E-state index in [9.17, 15) is 13.5 Å². The average molecular weight is 255 g/mol. The standard InChI is InChI=1S/C12H17NO3S/c1-17(15,16)11-4-2-3-10(7-11)8-12(14)5-6-13-9-12/h2-4,7,13-14H,5-6,8-9H2,1H3. The summed E-state index contributed by atoms with van der Waals surface area (Å²) in [5, 5.41) is 13.3. The number of nitrogens with one attached hydrogen (secondary N) is 1. The summed E-state index contributed by atoms with van der Waals surface area (Å²) >= 11 is 0. The van der Waals surface area contributed by atoms with Gasteiger partial charge in [0.15, 0.2) is 9.84 Å². The fourth-order valence-corrected chi connectivity index (χ4v) is 2.84. The van der Waals surface area contributed by atoms with Crippen LogP contribution in [0, 0.1) is 0 Å². The van der Waals surface area contributed by atoms with Gasteiger partial charge in [-0.05, 0) is 30.7 Å². The summed E-state index contributed by atoms with van der Waals surface area (Å²) in [6.07, 6.45) is 2.39. The van der Waals surface area contributed by atoms with Crippen LogP contribution < -0.4 is 5.32 Å². The predicted octanol–water partition coefficient (Wildman–Crippen LogP) is 0.357. The molecule has 2 N–H and O–H groups in total. The Morgan fingerprint density at radius 1 is 1.47 bits per heavy atom. The first-order chi connectivity index (χ1) is 7.89. The van der Waals surface area contributed by atoms with E-state index in [-0.39, 0.29) is 0 Å². The van der Waals surface area contributed by atoms with E-state index in [2.05, 4.69) is 5.32 Å². The Bertz CT molecular complexity index is 504. The van der Waals surface area contributed by atoms with E-state index < -0.39 is 15.4 Å². The number of β-amino-alcohol motifs (C(OH)–C–C–N with tert-alkyl or cyclic N) is 1. The zero-order chi connectivity index (χ0) is 12.5. The normalized spacial score (nSPS) is 25.1. The van der Waals surface area contributed by atoms with Gasteiger partial charge in [0.25, 0.3) is 0 Å². The van der Waals surface area contributed by atoms with Gasteiger partial charge in [-0.1, -0.05) is 12.1 Å². The summed E-state index contributed by atoms with van der Waals surface area (Å²) in [6.45, 7) is 1.37. The highest BCUT2D eigenvalue weighted by molar-refractivity contribution is 7.90. The van der Waals surface area contributed by atoms with Gasteiger partial charge < -0.3 is 10.4 Å². The highest BCUT2D eigenvalue weighted by Crippen LogP contribution is 2.22. The Morgan fingerprint density at radius 2 is 2.24 bits per heavy atom. The molecule has 1 aromatic carbocycles. The monoisotopic (exact) mass is 255 g/mol. The number of hydrogen-bond donors (Lipinski definition) is 2. The maximum atomic E-state index is 11.4. The highest BCUT2D eigenvalue weighted by Gasteiger charge is 2.31. The molecule has 17 heavy (non-hydrogen) atoms. The molecule has 0 aromatic heterocycles. The zero-order valence-electron chi connectivity index (χ0n) is 9.81. The van der Waals surface area contributed by atoms with Crippen molar-refractivity contribution in [2.75, 3.05) is 19.3 Å². The first-order valence-corrected chi connectivity index (χ1v) is 7.50. The van der Waals surface area contributed by atoms with E-state index in [0.29, 0.717) is 24.3 Å². The van der Waals surface area contributed by atoms with Gasteiger partial charge in [-0.25, -0.2) is 8.42 Å². The minimum absolute atomic E-state index is 0.310. The molecule has 0 amide bonds. The molecule has 2 rings (SSSR count). The molecule has 0 bridgehead atoms. The van der Waals surface area contributed by atoms with Crippen molar-refractivity contribution in [3.8, 4) is 0 Å². The summed E-state index contributed by atoms with van der Waals surface area (Å²) in [7, 11) is -3.18. The van der Waals surface area contributed by atoms with Gasteiger partial charge in [0.05, 0.1) is 10.5 Å². The minimum Gasteiger partial charge on any atom is -0.388 e. The van der Waals surface area contributed by atoms with Crippen molar-refractivity contribution in [1.29, 1.82) is 0 Å². The molecule has 0 aliphatic carbocycles. The van der Waals surface area contributed by atoms with Crippen molar-refractivity contribution in [1.82, 2.24) is 5.32 Å². The summed E-state index contributed by atoms with van der Waals surface area (Å²) in [5.74, 6) is 0. The van der Waals surface area contributed by atoms with Gasteiger partial charge in [-0.2, -0.15) is 0 Å². The van der Waals surface area contributed by atoms with Gasteiger partial charge in [-0.15, -0.1) is 0 Å². The Kier molecular flexibility index (Phi) is 3.25. The van der Waals surface area contributed by atoms with Crippen molar-refractivity contribution in [3.05, 3.63) is 29.8 Å². The Hall–Kier alpha value is -0.910. The SMILES string of the molecule is CS(=O)(=O)c1cccc(CC2(O)CCNC2)c1. The number of rotatable bonds is 3. The van der Waals surface area contributed by atoms with Crippen LogP contribution in [0.15, 0.2) is 29.2 Å². The fourth-order valence-electron chi connectivity index (χ4n) is 2.15. The smallest absolute Gasteiger partial charge is 0.175 e. The van der Waals surface area contributed by atoms with Crippen LogP contribution in [0.3, 0.4) is 0 Å². The van der Waals surface area contributed by atoms with E-state index >= 15 is 0 Å². The number of aliphatic hydroxyl groups is 1. The molecule has 1 fully saturated rings.